The molecule has 3 aliphatic rings. The minimum Gasteiger partial charge on any atom is -0.508 e. The van der Waals surface area contributed by atoms with Crippen LogP contribution in [0.25, 0.3) is 0 Å². The van der Waals surface area contributed by atoms with Gasteiger partial charge >= 0.3 is 12.1 Å². The van der Waals surface area contributed by atoms with Gasteiger partial charge in [0.1, 0.15) is 35.7 Å². The molecule has 1 spiro atoms. The summed E-state index contributed by atoms with van der Waals surface area (Å²) in [4.78, 5) is 25.4. The Morgan fingerprint density at radius 1 is 0.800 bits per heavy atom. The molecule has 15 heteroatoms. The van der Waals surface area contributed by atoms with E-state index in [1.54, 1.807) is 30.3 Å². The number of aromatic hydroxyl groups is 2. The number of phenolic OH excluding ortho intramolecular Hbond substituents is 2. The predicted octanol–water partition coefficient (Wildman–Crippen LogP) is 5.08. The third-order valence-corrected chi connectivity index (χ3v) is 9.24. The fourth-order valence-corrected chi connectivity index (χ4v) is 6.66. The van der Waals surface area contributed by atoms with E-state index >= 15 is 0 Å². The standard InChI is InChI=1S/C40H45N3O11S/c44-28-9-12-33-35(25-28)53-36-26-29(45)10-13-34(36)40(33)32-11-8-27(24-31(32)37(46)54-40)43-38(55)41-14-15-42-39(47)52-23-21-50-19-17-48-16-18-49-20-22-51-30-6-4-2-1-3-5-7-30/h8-13,24-26,30,44-45H,1-4,6,14-23H2,(H,42,47)(H2,41,43,55). The average Bonchev–Trinajstić information content (AvgIpc) is 3.43. The van der Waals surface area contributed by atoms with Gasteiger partial charge in [-0.2, -0.15) is 0 Å². The smallest absolute Gasteiger partial charge is 0.407 e. The fourth-order valence-electron chi connectivity index (χ4n) is 6.44. The Labute approximate surface area is 324 Å². The molecule has 0 bridgehead atoms. The largest absolute Gasteiger partial charge is 0.508 e. The van der Waals surface area contributed by atoms with E-state index in [1.807, 2.05) is 0 Å². The van der Waals surface area contributed by atoms with E-state index in [2.05, 4.69) is 27.8 Å². The van der Waals surface area contributed by atoms with Crippen LogP contribution < -0.4 is 20.7 Å². The van der Waals surface area contributed by atoms with Gasteiger partial charge in [-0.3, -0.25) is 0 Å². The van der Waals surface area contributed by atoms with Gasteiger partial charge < -0.3 is 59.3 Å². The van der Waals surface area contributed by atoms with E-state index in [1.165, 1.54) is 37.1 Å². The van der Waals surface area contributed by atoms with Crippen LogP contribution >= 0.6 is 12.2 Å². The van der Waals surface area contributed by atoms with Crippen LogP contribution in [-0.4, -0.2) is 99.4 Å². The van der Waals surface area contributed by atoms with E-state index in [-0.39, 0.29) is 42.5 Å². The number of amides is 1. The van der Waals surface area contributed by atoms with Gasteiger partial charge in [-0.15, -0.1) is 5.92 Å². The van der Waals surface area contributed by atoms with Crippen molar-refractivity contribution in [3.63, 3.8) is 0 Å². The van der Waals surface area contributed by atoms with Gasteiger partial charge in [0.05, 0.1) is 51.8 Å². The number of carbonyl (C=O) groups excluding carboxylic acids is 2. The molecular weight excluding hydrogens is 731 g/mol. The molecule has 1 amide bonds. The molecule has 0 saturated heterocycles. The lowest BCUT2D eigenvalue weighted by Crippen LogP contribution is -2.37. The second-order valence-electron chi connectivity index (χ2n) is 12.9. The summed E-state index contributed by atoms with van der Waals surface area (Å²) < 4.78 is 39.5. The highest BCUT2D eigenvalue weighted by Crippen LogP contribution is 2.57. The van der Waals surface area contributed by atoms with Crippen molar-refractivity contribution in [2.45, 2.75) is 43.8 Å². The number of nitrogens with one attached hydrogen (secondary N) is 3. The number of esters is 1. The minimum atomic E-state index is -1.36. The number of thiocarbonyl (C=S) groups is 1. The lowest BCUT2D eigenvalue weighted by Gasteiger charge is -2.36. The quantitative estimate of drug-likeness (QED) is 0.0531. The van der Waals surface area contributed by atoms with Crippen LogP contribution in [0.5, 0.6) is 23.0 Å². The highest BCUT2D eigenvalue weighted by atomic mass is 32.1. The van der Waals surface area contributed by atoms with Crippen LogP contribution in [0.3, 0.4) is 0 Å². The molecule has 2 aliphatic heterocycles. The molecule has 0 saturated carbocycles. The van der Waals surface area contributed by atoms with Gasteiger partial charge in [0, 0.05) is 54.0 Å². The highest BCUT2D eigenvalue weighted by molar-refractivity contribution is 7.80. The van der Waals surface area contributed by atoms with Gasteiger partial charge in [-0.1, -0.05) is 18.4 Å². The van der Waals surface area contributed by atoms with Crippen molar-refractivity contribution >= 4 is 35.1 Å². The van der Waals surface area contributed by atoms with Gasteiger partial charge in [0.2, 0.25) is 0 Å². The molecule has 0 fully saturated rings. The third-order valence-electron chi connectivity index (χ3n) is 8.99. The number of ether oxygens (including phenoxy) is 7. The summed E-state index contributed by atoms with van der Waals surface area (Å²) in [6.45, 7) is 3.56. The van der Waals surface area contributed by atoms with E-state index in [9.17, 15) is 19.8 Å². The number of rotatable bonds is 17. The summed E-state index contributed by atoms with van der Waals surface area (Å²) in [6.07, 6.45) is 4.90. The molecular formula is C40H45N3O11S. The van der Waals surface area contributed by atoms with Crippen molar-refractivity contribution in [3.8, 4) is 34.8 Å². The van der Waals surface area contributed by atoms with Crippen molar-refractivity contribution < 1.29 is 53.0 Å². The summed E-state index contributed by atoms with van der Waals surface area (Å²) in [5.74, 6) is 6.33. The summed E-state index contributed by atoms with van der Waals surface area (Å²) in [5, 5.41) is 29.2. The molecule has 0 radical (unpaired) electrons. The number of alkyl carbamates (subject to hydrolysis) is 1. The maximum Gasteiger partial charge on any atom is 0.407 e. The second kappa shape index (κ2) is 19.5. The Hall–Kier alpha value is -5.11. The minimum absolute atomic E-state index is 0.0120. The SMILES string of the molecule is O=C(NCCNC(=S)Nc1ccc2c(c1)C(=O)OC21c2ccc(O)cc2Oc2cc(O)ccc21)OCCOCCOCCOCCOC1C#CCCCCC1. The predicted molar refractivity (Wildman–Crippen MR) is 205 cm³/mol. The fraction of sp³-hybridized carbons (Fsp3) is 0.425. The molecule has 2 heterocycles. The number of benzene rings is 3. The maximum absolute atomic E-state index is 13.3. The van der Waals surface area contributed by atoms with Crippen molar-refractivity contribution in [3.05, 3.63) is 76.9 Å². The van der Waals surface area contributed by atoms with Crippen LogP contribution in [0.1, 0.15) is 59.2 Å². The summed E-state index contributed by atoms with van der Waals surface area (Å²) in [6, 6.07) is 14.3. The lowest BCUT2D eigenvalue weighted by molar-refractivity contribution is -0.0133. The molecule has 5 N–H and O–H groups in total. The molecule has 1 unspecified atom stereocenters. The number of hydrogen-bond donors (Lipinski definition) is 5. The van der Waals surface area contributed by atoms with Crippen molar-refractivity contribution in [1.82, 2.24) is 10.6 Å². The zero-order chi connectivity index (χ0) is 38.5. The van der Waals surface area contributed by atoms with Crippen LogP contribution in [0.2, 0.25) is 0 Å². The molecule has 1 atom stereocenters. The lowest BCUT2D eigenvalue weighted by atomic mass is 9.77. The number of anilines is 1. The number of fused-ring (bicyclic) bond motifs is 6. The van der Waals surface area contributed by atoms with Crippen molar-refractivity contribution in [2.24, 2.45) is 0 Å². The molecule has 14 nitrogen and oxygen atoms in total. The van der Waals surface area contributed by atoms with Crippen LogP contribution in [0.15, 0.2) is 54.6 Å². The monoisotopic (exact) mass is 775 g/mol. The maximum atomic E-state index is 13.3. The molecule has 0 aromatic heterocycles. The topological polar surface area (TPSA) is 175 Å². The molecule has 292 valence electrons. The summed E-state index contributed by atoms with van der Waals surface area (Å²) in [5.41, 5.74) is 1.12. The Kier molecular flexibility index (Phi) is 14.0. The van der Waals surface area contributed by atoms with Gasteiger partial charge in [0.15, 0.2) is 10.7 Å². The van der Waals surface area contributed by atoms with E-state index in [0.717, 1.165) is 19.3 Å². The van der Waals surface area contributed by atoms with E-state index < -0.39 is 17.7 Å². The Morgan fingerprint density at radius 2 is 1.44 bits per heavy atom. The second-order valence-corrected chi connectivity index (χ2v) is 13.3. The zero-order valence-electron chi connectivity index (χ0n) is 30.4. The van der Waals surface area contributed by atoms with Crippen molar-refractivity contribution in [1.29, 1.82) is 0 Å². The Balaban J connectivity index is 0.835. The number of carbonyl (C=O) groups is 2. The molecule has 3 aromatic carbocycles. The average molecular weight is 776 g/mol. The van der Waals surface area contributed by atoms with Crippen molar-refractivity contribution in [2.75, 3.05) is 71.3 Å². The first-order valence-corrected chi connectivity index (χ1v) is 18.8. The first-order valence-electron chi connectivity index (χ1n) is 18.3. The van der Waals surface area contributed by atoms with Crippen LogP contribution in [0.4, 0.5) is 10.5 Å². The van der Waals surface area contributed by atoms with E-state index in [0.29, 0.717) is 85.6 Å². The third kappa shape index (κ3) is 10.4. The zero-order valence-corrected chi connectivity index (χ0v) is 31.2. The van der Waals surface area contributed by atoms with Gasteiger partial charge in [0.25, 0.3) is 0 Å². The summed E-state index contributed by atoms with van der Waals surface area (Å²) >= 11 is 5.42. The Bertz CT molecular complexity index is 1840. The van der Waals surface area contributed by atoms with Crippen LogP contribution in [0, 0.1) is 11.8 Å². The van der Waals surface area contributed by atoms with Crippen LogP contribution in [-0.2, 0) is 34.0 Å². The summed E-state index contributed by atoms with van der Waals surface area (Å²) in [7, 11) is 0. The Morgan fingerprint density at radius 3 is 2.15 bits per heavy atom. The molecule has 6 rings (SSSR count). The molecule has 1 aliphatic carbocycles. The van der Waals surface area contributed by atoms with E-state index in [4.69, 9.17) is 45.4 Å². The first-order chi connectivity index (χ1) is 26.8. The molecule has 3 aromatic rings. The molecule has 55 heavy (non-hydrogen) atoms. The van der Waals surface area contributed by atoms with Gasteiger partial charge in [-0.25, -0.2) is 9.59 Å². The van der Waals surface area contributed by atoms with Gasteiger partial charge in [-0.05, 0) is 67.9 Å². The highest BCUT2D eigenvalue weighted by Gasteiger charge is 2.53. The number of phenols is 2. The number of hydrogen-bond acceptors (Lipinski definition) is 12. The normalized spacial score (nSPS) is 16.1. The first kappa shape index (κ1) is 39.6.